The Kier molecular flexibility index (Phi) is 3.72. The Bertz CT molecular complexity index is 349. The van der Waals surface area contributed by atoms with Gasteiger partial charge in [-0.25, -0.2) is 0 Å². The van der Waals surface area contributed by atoms with Crippen LogP contribution in [0.5, 0.6) is 0 Å². The number of aliphatic imine (C=N–C) groups is 1. The molecule has 0 amide bonds. The summed E-state index contributed by atoms with van der Waals surface area (Å²) < 4.78 is 0. The predicted octanol–water partition coefficient (Wildman–Crippen LogP) is 3.76. The van der Waals surface area contributed by atoms with Crippen LogP contribution in [0.2, 0.25) is 0 Å². The molecule has 0 unspecified atom stereocenters. The summed E-state index contributed by atoms with van der Waals surface area (Å²) in [6.07, 6.45) is 9.47. The maximum Gasteiger partial charge on any atom is 0.0639 e. The lowest BCUT2D eigenvalue weighted by atomic mass is 10.0. The summed E-state index contributed by atoms with van der Waals surface area (Å²) in [7, 11) is 0. The summed E-state index contributed by atoms with van der Waals surface area (Å²) in [4.78, 5) is 4.47. The second kappa shape index (κ2) is 5.50. The van der Waals surface area contributed by atoms with Crippen molar-refractivity contribution in [2.45, 2.75) is 32.2 Å². The Morgan fingerprint density at radius 1 is 1.13 bits per heavy atom. The molecule has 2 rings (SSSR count). The van der Waals surface area contributed by atoms with Crippen molar-refractivity contribution >= 4 is 6.21 Å². The Morgan fingerprint density at radius 2 is 2.00 bits per heavy atom. The highest BCUT2D eigenvalue weighted by Gasteiger charge is 1.99. The molecule has 78 valence electrons. The van der Waals surface area contributed by atoms with Crippen LogP contribution in [-0.4, -0.2) is 6.21 Å². The van der Waals surface area contributed by atoms with Gasteiger partial charge in [0, 0.05) is 6.21 Å². The zero-order valence-corrected chi connectivity index (χ0v) is 9.02. The maximum absolute atomic E-state index is 4.47. The molecular formula is C14H17N. The molecule has 0 spiro atoms. The predicted molar refractivity (Wildman–Crippen MR) is 65.2 cm³/mol. The standard InChI is InChI=1S/C14H17N/c1-3-7-13(8-4-1)11-15-12-14-9-5-2-6-10-14/h1,3-4,7-9,12H,2,5-6,10-11H2. The van der Waals surface area contributed by atoms with Gasteiger partial charge in [0.1, 0.15) is 0 Å². The summed E-state index contributed by atoms with van der Waals surface area (Å²) in [6, 6.07) is 10.4. The normalized spacial score (nSPS) is 16.7. The van der Waals surface area contributed by atoms with Crippen molar-refractivity contribution < 1.29 is 0 Å². The number of nitrogens with zero attached hydrogens (tertiary/aromatic N) is 1. The molecule has 15 heavy (non-hydrogen) atoms. The van der Waals surface area contributed by atoms with Crippen molar-refractivity contribution in [2.75, 3.05) is 0 Å². The van der Waals surface area contributed by atoms with E-state index in [9.17, 15) is 0 Å². The van der Waals surface area contributed by atoms with Crippen LogP contribution in [0.25, 0.3) is 0 Å². The smallest absolute Gasteiger partial charge is 0.0639 e. The van der Waals surface area contributed by atoms with E-state index in [2.05, 4.69) is 35.3 Å². The van der Waals surface area contributed by atoms with Gasteiger partial charge in [0.15, 0.2) is 0 Å². The number of allylic oxidation sites excluding steroid dienone is 2. The van der Waals surface area contributed by atoms with Crippen LogP contribution in [-0.2, 0) is 6.54 Å². The van der Waals surface area contributed by atoms with E-state index in [0.717, 1.165) is 6.54 Å². The van der Waals surface area contributed by atoms with Crippen molar-refractivity contribution in [3.05, 3.63) is 47.5 Å². The van der Waals surface area contributed by atoms with E-state index in [1.807, 2.05) is 12.3 Å². The van der Waals surface area contributed by atoms with E-state index < -0.39 is 0 Å². The highest BCUT2D eigenvalue weighted by Crippen LogP contribution is 2.15. The fourth-order valence-corrected chi connectivity index (χ4v) is 1.83. The van der Waals surface area contributed by atoms with Crippen LogP contribution >= 0.6 is 0 Å². The topological polar surface area (TPSA) is 12.4 Å². The summed E-state index contributed by atoms with van der Waals surface area (Å²) in [5, 5.41) is 0. The minimum atomic E-state index is 0.804. The van der Waals surface area contributed by atoms with Crippen LogP contribution in [0.4, 0.5) is 0 Å². The lowest BCUT2D eigenvalue weighted by Crippen LogP contribution is -1.93. The van der Waals surface area contributed by atoms with E-state index in [-0.39, 0.29) is 0 Å². The van der Waals surface area contributed by atoms with Gasteiger partial charge < -0.3 is 0 Å². The minimum Gasteiger partial charge on any atom is -0.288 e. The fraction of sp³-hybridized carbons (Fsp3) is 0.357. The molecule has 0 N–H and O–H groups in total. The van der Waals surface area contributed by atoms with Crippen molar-refractivity contribution in [3.63, 3.8) is 0 Å². The van der Waals surface area contributed by atoms with E-state index in [1.165, 1.54) is 36.8 Å². The van der Waals surface area contributed by atoms with Gasteiger partial charge in [-0.05, 0) is 36.8 Å². The molecular weight excluding hydrogens is 182 g/mol. The lowest BCUT2D eigenvalue weighted by Gasteiger charge is -2.07. The van der Waals surface area contributed by atoms with Gasteiger partial charge in [0.05, 0.1) is 6.54 Å². The second-order valence-electron chi connectivity index (χ2n) is 3.98. The third-order valence-electron chi connectivity index (χ3n) is 2.70. The number of benzene rings is 1. The van der Waals surface area contributed by atoms with E-state index in [1.54, 1.807) is 0 Å². The van der Waals surface area contributed by atoms with Gasteiger partial charge in [-0.3, -0.25) is 4.99 Å². The summed E-state index contributed by atoms with van der Waals surface area (Å²) in [6.45, 7) is 0.804. The van der Waals surface area contributed by atoms with E-state index in [0.29, 0.717) is 0 Å². The molecule has 0 fully saturated rings. The monoisotopic (exact) mass is 199 g/mol. The SMILES string of the molecule is C(=NCc1ccccc1)C1=CCCCC1. The fourth-order valence-electron chi connectivity index (χ4n) is 1.83. The summed E-state index contributed by atoms with van der Waals surface area (Å²) in [5.74, 6) is 0. The van der Waals surface area contributed by atoms with Gasteiger partial charge in [-0.15, -0.1) is 0 Å². The van der Waals surface area contributed by atoms with Crippen molar-refractivity contribution in [3.8, 4) is 0 Å². The molecule has 0 bridgehead atoms. The Hall–Kier alpha value is -1.37. The highest BCUT2D eigenvalue weighted by molar-refractivity contribution is 5.78. The van der Waals surface area contributed by atoms with Gasteiger partial charge in [-0.1, -0.05) is 36.4 Å². The first-order valence-corrected chi connectivity index (χ1v) is 5.68. The zero-order valence-electron chi connectivity index (χ0n) is 9.02. The molecule has 1 nitrogen and oxygen atoms in total. The van der Waals surface area contributed by atoms with Crippen molar-refractivity contribution in [1.29, 1.82) is 0 Å². The molecule has 0 aliphatic heterocycles. The third-order valence-corrected chi connectivity index (χ3v) is 2.70. The van der Waals surface area contributed by atoms with Crippen LogP contribution in [0.15, 0.2) is 47.0 Å². The third kappa shape index (κ3) is 3.35. The molecule has 0 heterocycles. The average molecular weight is 199 g/mol. The Morgan fingerprint density at radius 3 is 2.73 bits per heavy atom. The lowest BCUT2D eigenvalue weighted by molar-refractivity contribution is 0.718. The van der Waals surface area contributed by atoms with Crippen molar-refractivity contribution in [2.24, 2.45) is 4.99 Å². The van der Waals surface area contributed by atoms with Crippen LogP contribution < -0.4 is 0 Å². The molecule has 1 aromatic carbocycles. The zero-order chi connectivity index (χ0) is 10.3. The summed E-state index contributed by atoms with van der Waals surface area (Å²) in [5.41, 5.74) is 2.70. The van der Waals surface area contributed by atoms with Crippen molar-refractivity contribution in [1.82, 2.24) is 0 Å². The molecule has 1 aliphatic rings. The molecule has 1 aromatic rings. The molecule has 1 aliphatic carbocycles. The molecule has 0 aromatic heterocycles. The Balaban J connectivity index is 1.87. The van der Waals surface area contributed by atoms with Gasteiger partial charge >= 0.3 is 0 Å². The first-order valence-electron chi connectivity index (χ1n) is 5.68. The molecule has 0 saturated carbocycles. The average Bonchev–Trinajstić information content (AvgIpc) is 2.32. The highest BCUT2D eigenvalue weighted by atomic mass is 14.7. The number of hydrogen-bond acceptors (Lipinski definition) is 1. The molecule has 1 heteroatoms. The Labute approximate surface area is 91.6 Å². The van der Waals surface area contributed by atoms with Crippen LogP contribution in [0.3, 0.4) is 0 Å². The maximum atomic E-state index is 4.47. The number of rotatable bonds is 3. The first-order chi connectivity index (χ1) is 7.45. The quantitative estimate of drug-likeness (QED) is 0.657. The molecule has 0 atom stereocenters. The van der Waals surface area contributed by atoms with Crippen LogP contribution in [0, 0.1) is 0 Å². The minimum absolute atomic E-state index is 0.804. The van der Waals surface area contributed by atoms with Gasteiger partial charge in [0.25, 0.3) is 0 Å². The second-order valence-corrected chi connectivity index (χ2v) is 3.98. The largest absolute Gasteiger partial charge is 0.288 e. The molecule has 0 radical (unpaired) electrons. The van der Waals surface area contributed by atoms with E-state index in [4.69, 9.17) is 0 Å². The summed E-state index contributed by atoms with van der Waals surface area (Å²) >= 11 is 0. The number of hydrogen-bond donors (Lipinski definition) is 0. The van der Waals surface area contributed by atoms with E-state index >= 15 is 0 Å². The molecule has 0 saturated heterocycles. The first kappa shape index (κ1) is 10.2. The van der Waals surface area contributed by atoms with Gasteiger partial charge in [0.2, 0.25) is 0 Å². The van der Waals surface area contributed by atoms with Crippen LogP contribution in [0.1, 0.15) is 31.2 Å². The van der Waals surface area contributed by atoms with Gasteiger partial charge in [-0.2, -0.15) is 0 Å².